The number of likely N-dealkylation sites (tertiary alicyclic amines) is 1. The van der Waals surface area contributed by atoms with Crippen LogP contribution in [0.15, 0.2) is 78.0 Å². The van der Waals surface area contributed by atoms with Gasteiger partial charge in [-0.25, -0.2) is 9.98 Å². The van der Waals surface area contributed by atoms with E-state index in [1.54, 1.807) is 0 Å². The lowest BCUT2D eigenvalue weighted by atomic mass is 10.1. The highest BCUT2D eigenvalue weighted by molar-refractivity contribution is 14.0. The van der Waals surface area contributed by atoms with Crippen molar-refractivity contribution in [3.8, 4) is 5.75 Å². The Labute approximate surface area is 207 Å². The van der Waals surface area contributed by atoms with Crippen LogP contribution in [-0.4, -0.2) is 46.1 Å². The van der Waals surface area contributed by atoms with Crippen LogP contribution in [0, 0.1) is 0 Å². The lowest BCUT2D eigenvalue weighted by molar-refractivity contribution is 0.129. The summed E-state index contributed by atoms with van der Waals surface area (Å²) in [5.74, 6) is 2.88. The lowest BCUT2D eigenvalue weighted by Crippen LogP contribution is -2.47. The fourth-order valence-electron chi connectivity index (χ4n) is 3.86. The van der Waals surface area contributed by atoms with Crippen LogP contribution in [-0.2, 0) is 13.1 Å². The van der Waals surface area contributed by atoms with Crippen molar-refractivity contribution in [1.82, 2.24) is 19.8 Å². The maximum Gasteiger partial charge on any atom is 0.194 e. The van der Waals surface area contributed by atoms with E-state index < -0.39 is 0 Å². The van der Waals surface area contributed by atoms with Crippen LogP contribution in [0.25, 0.3) is 0 Å². The first-order valence-electron chi connectivity index (χ1n) is 11.1. The molecule has 1 aliphatic heterocycles. The molecule has 1 aromatic heterocycles. The summed E-state index contributed by atoms with van der Waals surface area (Å²) in [6.45, 7) is 6.19. The number of piperidine rings is 1. The standard InChI is InChI=1S/C25H31N5O.HI/c1-2-26-25(29-16-13-23(14-17-29)31-22-11-7-4-8-12-22)28-19-24-27-15-18-30(24)20-21-9-5-3-6-10-21;/h3-12,15,18,23H,2,13-14,16-17,19-20H2,1H3,(H,26,28);1H. The molecule has 4 rings (SSSR count). The molecule has 1 fully saturated rings. The van der Waals surface area contributed by atoms with Crippen molar-refractivity contribution in [3.05, 3.63) is 84.4 Å². The third-order valence-electron chi connectivity index (χ3n) is 5.49. The Balaban J connectivity index is 0.00000289. The minimum atomic E-state index is 0. The zero-order chi connectivity index (χ0) is 21.3. The van der Waals surface area contributed by atoms with E-state index in [1.807, 2.05) is 48.8 Å². The maximum atomic E-state index is 6.13. The van der Waals surface area contributed by atoms with Gasteiger partial charge in [0.15, 0.2) is 5.96 Å². The number of nitrogens with zero attached hydrogens (tertiary/aromatic N) is 4. The SMILES string of the molecule is CCNC(=NCc1nccn1Cc1ccccc1)N1CCC(Oc2ccccc2)CC1.I. The summed E-state index contributed by atoms with van der Waals surface area (Å²) in [5, 5.41) is 3.45. The molecule has 2 heterocycles. The summed E-state index contributed by atoms with van der Waals surface area (Å²) >= 11 is 0. The molecule has 32 heavy (non-hydrogen) atoms. The molecule has 0 bridgehead atoms. The topological polar surface area (TPSA) is 54.7 Å². The Kier molecular flexibility index (Phi) is 9.40. The fourth-order valence-corrected chi connectivity index (χ4v) is 3.86. The number of aromatic nitrogens is 2. The van der Waals surface area contributed by atoms with Gasteiger partial charge in [0.1, 0.15) is 24.2 Å². The molecular formula is C25H32IN5O. The van der Waals surface area contributed by atoms with Gasteiger partial charge in [-0.2, -0.15) is 0 Å². The second kappa shape index (κ2) is 12.5. The van der Waals surface area contributed by atoms with Gasteiger partial charge in [0.25, 0.3) is 0 Å². The number of para-hydroxylation sites is 1. The van der Waals surface area contributed by atoms with Gasteiger partial charge in [0.2, 0.25) is 0 Å². The van der Waals surface area contributed by atoms with Crippen molar-refractivity contribution in [2.75, 3.05) is 19.6 Å². The molecule has 1 N–H and O–H groups in total. The minimum absolute atomic E-state index is 0. The molecule has 0 atom stereocenters. The summed E-state index contributed by atoms with van der Waals surface area (Å²) in [7, 11) is 0. The summed E-state index contributed by atoms with van der Waals surface area (Å²) < 4.78 is 8.30. The average molecular weight is 545 g/mol. The van der Waals surface area contributed by atoms with E-state index in [4.69, 9.17) is 9.73 Å². The summed E-state index contributed by atoms with van der Waals surface area (Å²) in [5.41, 5.74) is 1.26. The predicted molar refractivity (Wildman–Crippen MR) is 140 cm³/mol. The van der Waals surface area contributed by atoms with Crippen LogP contribution in [0.1, 0.15) is 31.2 Å². The van der Waals surface area contributed by atoms with E-state index in [2.05, 4.69) is 51.0 Å². The van der Waals surface area contributed by atoms with Gasteiger partial charge in [-0.15, -0.1) is 24.0 Å². The summed E-state index contributed by atoms with van der Waals surface area (Å²) in [6.07, 6.45) is 6.11. The molecule has 0 spiro atoms. The van der Waals surface area contributed by atoms with Crippen molar-refractivity contribution < 1.29 is 4.74 Å². The first-order valence-corrected chi connectivity index (χ1v) is 11.1. The van der Waals surface area contributed by atoms with Gasteiger partial charge < -0.3 is 19.5 Å². The number of hydrogen-bond donors (Lipinski definition) is 1. The largest absolute Gasteiger partial charge is 0.490 e. The maximum absolute atomic E-state index is 6.13. The van der Waals surface area contributed by atoms with Crippen LogP contribution in [0.3, 0.4) is 0 Å². The molecule has 3 aromatic rings. The number of aliphatic imine (C=N–C) groups is 1. The molecule has 0 saturated carbocycles. The molecule has 170 valence electrons. The van der Waals surface area contributed by atoms with E-state index in [0.29, 0.717) is 6.54 Å². The number of imidazole rings is 1. The van der Waals surface area contributed by atoms with Crippen LogP contribution in [0.5, 0.6) is 5.75 Å². The number of ether oxygens (including phenoxy) is 1. The number of nitrogens with one attached hydrogen (secondary N) is 1. The van der Waals surface area contributed by atoms with Crippen molar-refractivity contribution in [1.29, 1.82) is 0 Å². The Morgan fingerprint density at radius 2 is 1.75 bits per heavy atom. The molecule has 0 unspecified atom stereocenters. The number of benzene rings is 2. The molecule has 2 aromatic carbocycles. The Morgan fingerprint density at radius 3 is 2.44 bits per heavy atom. The predicted octanol–water partition coefficient (Wildman–Crippen LogP) is 4.56. The quantitative estimate of drug-likeness (QED) is 0.269. The van der Waals surface area contributed by atoms with Crippen molar-refractivity contribution in [3.63, 3.8) is 0 Å². The van der Waals surface area contributed by atoms with Crippen LogP contribution in [0.2, 0.25) is 0 Å². The van der Waals surface area contributed by atoms with E-state index in [-0.39, 0.29) is 30.1 Å². The third kappa shape index (κ3) is 6.72. The highest BCUT2D eigenvalue weighted by Gasteiger charge is 2.22. The summed E-state index contributed by atoms with van der Waals surface area (Å²) in [4.78, 5) is 11.8. The normalized spacial score (nSPS) is 14.7. The second-order valence-electron chi connectivity index (χ2n) is 7.74. The summed E-state index contributed by atoms with van der Waals surface area (Å²) in [6, 6.07) is 20.5. The molecule has 6 nitrogen and oxygen atoms in total. The first kappa shape index (κ1) is 24.1. The van der Waals surface area contributed by atoms with E-state index in [9.17, 15) is 0 Å². The number of hydrogen-bond acceptors (Lipinski definition) is 3. The average Bonchev–Trinajstić information content (AvgIpc) is 3.25. The zero-order valence-corrected chi connectivity index (χ0v) is 20.9. The van der Waals surface area contributed by atoms with Crippen LogP contribution < -0.4 is 10.1 Å². The fraction of sp³-hybridized carbons (Fsp3) is 0.360. The van der Waals surface area contributed by atoms with Gasteiger partial charge in [-0.05, 0) is 24.6 Å². The molecular weight excluding hydrogens is 513 g/mol. The second-order valence-corrected chi connectivity index (χ2v) is 7.74. The molecule has 7 heteroatoms. The van der Waals surface area contributed by atoms with Gasteiger partial charge in [0.05, 0.1) is 0 Å². The molecule has 1 aliphatic rings. The highest BCUT2D eigenvalue weighted by Crippen LogP contribution is 2.19. The van der Waals surface area contributed by atoms with Crippen LogP contribution in [0.4, 0.5) is 0 Å². The van der Waals surface area contributed by atoms with Crippen molar-refractivity contribution in [2.24, 2.45) is 4.99 Å². The van der Waals surface area contributed by atoms with Crippen molar-refractivity contribution >= 4 is 29.9 Å². The Bertz CT molecular complexity index is 953. The molecule has 0 radical (unpaired) electrons. The molecule has 0 aliphatic carbocycles. The number of rotatable bonds is 7. The molecule has 0 amide bonds. The van der Waals surface area contributed by atoms with E-state index >= 15 is 0 Å². The number of guanidine groups is 1. The van der Waals surface area contributed by atoms with Crippen molar-refractivity contribution in [2.45, 2.75) is 39.0 Å². The monoisotopic (exact) mass is 545 g/mol. The van der Waals surface area contributed by atoms with Gasteiger partial charge in [0, 0.05) is 51.4 Å². The smallest absolute Gasteiger partial charge is 0.194 e. The van der Waals surface area contributed by atoms with Crippen LogP contribution >= 0.6 is 24.0 Å². The number of halogens is 1. The van der Waals surface area contributed by atoms with Gasteiger partial charge >= 0.3 is 0 Å². The Hall–Kier alpha value is -2.55. The molecule has 1 saturated heterocycles. The van der Waals surface area contributed by atoms with Gasteiger partial charge in [-0.3, -0.25) is 0 Å². The van der Waals surface area contributed by atoms with E-state index in [1.165, 1.54) is 5.56 Å². The Morgan fingerprint density at radius 1 is 1.06 bits per heavy atom. The first-order chi connectivity index (χ1) is 15.3. The lowest BCUT2D eigenvalue weighted by Gasteiger charge is -2.34. The van der Waals surface area contributed by atoms with E-state index in [0.717, 1.165) is 56.6 Å². The highest BCUT2D eigenvalue weighted by atomic mass is 127. The minimum Gasteiger partial charge on any atom is -0.490 e. The van der Waals surface area contributed by atoms with Gasteiger partial charge in [-0.1, -0.05) is 48.5 Å². The zero-order valence-electron chi connectivity index (χ0n) is 18.6. The third-order valence-corrected chi connectivity index (χ3v) is 5.49.